The van der Waals surface area contributed by atoms with Crippen molar-refractivity contribution >= 4 is 17.3 Å². The van der Waals surface area contributed by atoms with Gasteiger partial charge in [0.2, 0.25) is 5.91 Å². The molecule has 24 heavy (non-hydrogen) atoms. The quantitative estimate of drug-likeness (QED) is 0.847. The number of rotatable bonds is 6. The molecule has 2 aromatic rings. The van der Waals surface area contributed by atoms with E-state index in [2.05, 4.69) is 10.6 Å². The third-order valence-corrected chi connectivity index (χ3v) is 3.81. The van der Waals surface area contributed by atoms with Crippen LogP contribution in [-0.2, 0) is 4.79 Å². The highest BCUT2D eigenvalue weighted by molar-refractivity contribution is 5.96. The molecule has 1 unspecified atom stereocenters. The normalized spacial score (nSPS) is 11.5. The number of nitrogens with one attached hydrogen (secondary N) is 2. The predicted octanol–water partition coefficient (Wildman–Crippen LogP) is 3.76. The Balaban J connectivity index is 2.07. The van der Waals surface area contributed by atoms with Gasteiger partial charge in [0.15, 0.2) is 11.5 Å². The molecule has 2 rings (SSSR count). The third kappa shape index (κ3) is 4.19. The summed E-state index contributed by atoms with van der Waals surface area (Å²) < 4.78 is 10.5. The summed E-state index contributed by atoms with van der Waals surface area (Å²) in [5.74, 6) is 1.17. The van der Waals surface area contributed by atoms with Crippen LogP contribution in [0.5, 0.6) is 11.5 Å². The molecule has 0 saturated heterocycles. The molecule has 0 spiro atoms. The first-order valence-electron chi connectivity index (χ1n) is 7.81. The second-order valence-corrected chi connectivity index (χ2v) is 5.74. The number of methoxy groups -OCH3 is 2. The van der Waals surface area contributed by atoms with Gasteiger partial charge in [0.05, 0.1) is 14.2 Å². The lowest BCUT2D eigenvalue weighted by Crippen LogP contribution is -2.32. The SMILES string of the molecule is COc1ccc(NC(C)C(=O)Nc2cc(C)ccc2C)cc1OC. The lowest BCUT2D eigenvalue weighted by molar-refractivity contribution is -0.116. The Hall–Kier alpha value is -2.69. The summed E-state index contributed by atoms with van der Waals surface area (Å²) in [7, 11) is 3.17. The summed E-state index contributed by atoms with van der Waals surface area (Å²) in [5, 5.41) is 6.14. The topological polar surface area (TPSA) is 59.6 Å². The summed E-state index contributed by atoms with van der Waals surface area (Å²) in [6, 6.07) is 11.0. The molecule has 2 N–H and O–H groups in total. The number of carbonyl (C=O) groups is 1. The Morgan fingerprint density at radius 1 is 1.00 bits per heavy atom. The maximum absolute atomic E-state index is 12.4. The molecule has 0 aliphatic carbocycles. The largest absolute Gasteiger partial charge is 0.493 e. The van der Waals surface area contributed by atoms with Crippen LogP contribution in [0.25, 0.3) is 0 Å². The van der Waals surface area contributed by atoms with Crippen molar-refractivity contribution in [3.8, 4) is 11.5 Å². The Labute approximate surface area is 143 Å². The van der Waals surface area contributed by atoms with E-state index in [0.717, 1.165) is 22.5 Å². The molecule has 0 saturated carbocycles. The second kappa shape index (κ2) is 7.73. The number of hydrogen-bond donors (Lipinski definition) is 2. The summed E-state index contributed by atoms with van der Waals surface area (Å²) in [4.78, 5) is 12.4. The van der Waals surface area contributed by atoms with Crippen molar-refractivity contribution in [3.05, 3.63) is 47.5 Å². The zero-order valence-corrected chi connectivity index (χ0v) is 14.8. The van der Waals surface area contributed by atoms with Crippen LogP contribution in [0.15, 0.2) is 36.4 Å². The minimum Gasteiger partial charge on any atom is -0.493 e. The maximum atomic E-state index is 12.4. The molecule has 1 atom stereocenters. The fraction of sp³-hybridized carbons (Fsp3) is 0.316. The zero-order chi connectivity index (χ0) is 17.7. The molecule has 0 aliphatic rings. The highest BCUT2D eigenvalue weighted by Crippen LogP contribution is 2.30. The summed E-state index contributed by atoms with van der Waals surface area (Å²) >= 11 is 0. The highest BCUT2D eigenvalue weighted by atomic mass is 16.5. The van der Waals surface area contributed by atoms with E-state index in [-0.39, 0.29) is 5.91 Å². The smallest absolute Gasteiger partial charge is 0.246 e. The van der Waals surface area contributed by atoms with E-state index in [9.17, 15) is 4.79 Å². The van der Waals surface area contributed by atoms with Crippen LogP contribution in [0.2, 0.25) is 0 Å². The molecule has 5 nitrogen and oxygen atoms in total. The van der Waals surface area contributed by atoms with Crippen LogP contribution in [-0.4, -0.2) is 26.2 Å². The van der Waals surface area contributed by atoms with E-state index in [0.29, 0.717) is 11.5 Å². The van der Waals surface area contributed by atoms with E-state index in [4.69, 9.17) is 9.47 Å². The summed E-state index contributed by atoms with van der Waals surface area (Å²) in [6.07, 6.45) is 0. The Morgan fingerprint density at radius 3 is 2.38 bits per heavy atom. The average Bonchev–Trinajstić information content (AvgIpc) is 2.57. The van der Waals surface area contributed by atoms with Gasteiger partial charge in [-0.2, -0.15) is 0 Å². The van der Waals surface area contributed by atoms with Crippen molar-refractivity contribution in [1.82, 2.24) is 0 Å². The van der Waals surface area contributed by atoms with Crippen LogP contribution in [0, 0.1) is 13.8 Å². The van der Waals surface area contributed by atoms with Crippen LogP contribution in [0.4, 0.5) is 11.4 Å². The zero-order valence-electron chi connectivity index (χ0n) is 14.8. The number of amides is 1. The Morgan fingerprint density at radius 2 is 1.71 bits per heavy atom. The van der Waals surface area contributed by atoms with Crippen molar-refractivity contribution in [2.24, 2.45) is 0 Å². The molecule has 0 radical (unpaired) electrons. The van der Waals surface area contributed by atoms with Crippen LogP contribution >= 0.6 is 0 Å². The van der Waals surface area contributed by atoms with Crippen molar-refractivity contribution in [2.75, 3.05) is 24.9 Å². The van der Waals surface area contributed by atoms with Gasteiger partial charge >= 0.3 is 0 Å². The molecule has 1 amide bonds. The van der Waals surface area contributed by atoms with Gasteiger partial charge in [0.25, 0.3) is 0 Å². The first kappa shape index (κ1) is 17.7. The van der Waals surface area contributed by atoms with Crippen LogP contribution < -0.4 is 20.1 Å². The van der Waals surface area contributed by atoms with Crippen molar-refractivity contribution in [2.45, 2.75) is 26.8 Å². The lowest BCUT2D eigenvalue weighted by atomic mass is 10.1. The minimum absolute atomic E-state index is 0.0986. The molecule has 0 bridgehead atoms. The number of carbonyl (C=O) groups excluding carboxylic acids is 1. The first-order valence-corrected chi connectivity index (χ1v) is 7.81. The van der Waals surface area contributed by atoms with Gasteiger partial charge in [-0.25, -0.2) is 0 Å². The fourth-order valence-corrected chi connectivity index (χ4v) is 2.35. The highest BCUT2D eigenvalue weighted by Gasteiger charge is 2.15. The summed E-state index contributed by atoms with van der Waals surface area (Å²) in [6.45, 7) is 5.79. The Bertz CT molecular complexity index is 729. The van der Waals surface area contributed by atoms with Gasteiger partial charge in [-0.05, 0) is 50.1 Å². The van der Waals surface area contributed by atoms with E-state index in [1.165, 1.54) is 0 Å². The number of aryl methyl sites for hydroxylation is 2. The van der Waals surface area contributed by atoms with Crippen LogP contribution in [0.3, 0.4) is 0 Å². The van der Waals surface area contributed by atoms with Gasteiger partial charge in [-0.1, -0.05) is 12.1 Å². The molecule has 5 heteroatoms. The van der Waals surface area contributed by atoms with Gasteiger partial charge in [-0.3, -0.25) is 4.79 Å². The molecule has 0 fully saturated rings. The molecular weight excluding hydrogens is 304 g/mol. The van der Waals surface area contributed by atoms with Crippen LogP contribution in [0.1, 0.15) is 18.1 Å². The monoisotopic (exact) mass is 328 g/mol. The third-order valence-electron chi connectivity index (χ3n) is 3.81. The van der Waals surface area contributed by atoms with Crippen molar-refractivity contribution in [3.63, 3.8) is 0 Å². The number of hydrogen-bond acceptors (Lipinski definition) is 4. The van der Waals surface area contributed by atoms with E-state index < -0.39 is 6.04 Å². The molecular formula is C19H24N2O3. The molecule has 0 aliphatic heterocycles. The second-order valence-electron chi connectivity index (χ2n) is 5.74. The van der Waals surface area contributed by atoms with Gasteiger partial charge in [-0.15, -0.1) is 0 Å². The number of anilines is 2. The maximum Gasteiger partial charge on any atom is 0.246 e. The van der Waals surface area contributed by atoms with Gasteiger partial charge in [0.1, 0.15) is 6.04 Å². The molecule has 0 aromatic heterocycles. The molecule has 2 aromatic carbocycles. The minimum atomic E-state index is -0.400. The molecule has 128 valence electrons. The Kier molecular flexibility index (Phi) is 5.68. The number of benzene rings is 2. The van der Waals surface area contributed by atoms with E-state index in [1.807, 2.05) is 45.0 Å². The standard InChI is InChI=1S/C19H24N2O3/c1-12-6-7-13(2)16(10-12)21-19(22)14(3)20-15-8-9-17(23-4)18(11-15)24-5/h6-11,14,20H,1-5H3,(H,21,22). The van der Waals surface area contributed by atoms with Crippen molar-refractivity contribution in [1.29, 1.82) is 0 Å². The van der Waals surface area contributed by atoms with Gasteiger partial charge < -0.3 is 20.1 Å². The van der Waals surface area contributed by atoms with E-state index in [1.54, 1.807) is 26.4 Å². The lowest BCUT2D eigenvalue weighted by Gasteiger charge is -2.17. The first-order chi connectivity index (χ1) is 11.4. The fourth-order valence-electron chi connectivity index (χ4n) is 2.35. The number of ether oxygens (including phenoxy) is 2. The average molecular weight is 328 g/mol. The van der Waals surface area contributed by atoms with E-state index >= 15 is 0 Å². The van der Waals surface area contributed by atoms with Crippen molar-refractivity contribution < 1.29 is 14.3 Å². The van der Waals surface area contributed by atoms with Gasteiger partial charge in [0, 0.05) is 17.4 Å². The molecule has 0 heterocycles. The summed E-state index contributed by atoms with van der Waals surface area (Å²) in [5.41, 5.74) is 3.76. The predicted molar refractivity (Wildman–Crippen MR) is 97.2 cm³/mol.